The van der Waals surface area contributed by atoms with E-state index in [1.165, 1.54) is 111 Å². The van der Waals surface area contributed by atoms with E-state index < -0.39 is 5.97 Å². The summed E-state index contributed by atoms with van der Waals surface area (Å²) in [7, 11) is 2.91. The van der Waals surface area contributed by atoms with Crippen molar-refractivity contribution in [3.63, 3.8) is 0 Å². The highest BCUT2D eigenvalue weighted by atomic mass is 16.5. The fourth-order valence-electron chi connectivity index (χ4n) is 6.07. The number of nitrogens with one attached hydrogen (secondary N) is 1. The van der Waals surface area contributed by atoms with Gasteiger partial charge in [0, 0.05) is 44.3 Å². The molecule has 0 unspecified atom stereocenters. The predicted molar refractivity (Wildman–Crippen MR) is 241 cm³/mol. The van der Waals surface area contributed by atoms with Gasteiger partial charge in [0.2, 0.25) is 5.91 Å². The molecule has 0 spiro atoms. The van der Waals surface area contributed by atoms with Crippen LogP contribution in [0.3, 0.4) is 0 Å². The summed E-state index contributed by atoms with van der Waals surface area (Å²) in [6.45, 7) is 14.5. The van der Waals surface area contributed by atoms with E-state index in [0.717, 1.165) is 70.9 Å². The van der Waals surface area contributed by atoms with Gasteiger partial charge in [-0.05, 0) is 110 Å². The minimum absolute atomic E-state index is 0.0760. The van der Waals surface area contributed by atoms with Gasteiger partial charge in [-0.1, -0.05) is 116 Å². The van der Waals surface area contributed by atoms with Crippen molar-refractivity contribution in [1.82, 2.24) is 10.2 Å². The third kappa shape index (κ3) is 51.3. The van der Waals surface area contributed by atoms with Crippen LogP contribution in [0.1, 0.15) is 221 Å². The summed E-state index contributed by atoms with van der Waals surface area (Å²) in [4.78, 5) is 45.6. The van der Waals surface area contributed by atoms with E-state index in [-0.39, 0.29) is 11.9 Å². The van der Waals surface area contributed by atoms with E-state index in [2.05, 4.69) is 73.7 Å². The van der Waals surface area contributed by atoms with Gasteiger partial charge in [0.15, 0.2) is 0 Å². The summed E-state index contributed by atoms with van der Waals surface area (Å²) in [5.41, 5.74) is 0. The van der Waals surface area contributed by atoms with Gasteiger partial charge in [0.1, 0.15) is 0 Å². The number of esters is 2. The molecule has 0 aromatic heterocycles. The van der Waals surface area contributed by atoms with Crippen molar-refractivity contribution >= 4 is 23.8 Å². The molecule has 0 heterocycles. The molecule has 0 aromatic rings. The first-order chi connectivity index (χ1) is 27.5. The number of rotatable bonds is 36. The maximum Gasteiger partial charge on any atom is 0.305 e. The third-order valence-electron chi connectivity index (χ3n) is 9.53. The SMILES string of the molecule is CCCC(=O)N(CCCC/C=C\CCCCCCCCCC(=O)OC)C(C)C.CCCC(=O)O.COC(=O)CCCCCCCCC/C=C\CCCCNC(C)C. The molecule has 0 aliphatic carbocycles. The third-order valence-corrected chi connectivity index (χ3v) is 9.53. The lowest BCUT2D eigenvalue weighted by Crippen LogP contribution is -2.37. The highest BCUT2D eigenvalue weighted by molar-refractivity contribution is 5.76. The molecular formula is C48H92N2O7. The Bertz CT molecular complexity index is 964. The lowest BCUT2D eigenvalue weighted by molar-refractivity contribution is -0.141. The van der Waals surface area contributed by atoms with Crippen molar-refractivity contribution in [3.8, 4) is 0 Å². The number of unbranched alkanes of at least 4 members (excludes halogenated alkanes) is 18. The molecule has 0 aliphatic rings. The lowest BCUT2D eigenvalue weighted by Gasteiger charge is -2.26. The summed E-state index contributed by atoms with van der Waals surface area (Å²) >= 11 is 0. The van der Waals surface area contributed by atoms with Crippen LogP contribution in [-0.2, 0) is 28.7 Å². The second-order valence-corrected chi connectivity index (χ2v) is 15.8. The zero-order valence-corrected chi connectivity index (χ0v) is 38.5. The number of carbonyl (C=O) groups excluding carboxylic acids is 3. The molecular weight excluding hydrogens is 717 g/mol. The van der Waals surface area contributed by atoms with Gasteiger partial charge in [-0.2, -0.15) is 0 Å². The quantitative estimate of drug-likeness (QED) is 0.0364. The number of hydrogen-bond acceptors (Lipinski definition) is 7. The Morgan fingerprint density at radius 3 is 1.23 bits per heavy atom. The van der Waals surface area contributed by atoms with E-state index in [0.29, 0.717) is 43.7 Å². The van der Waals surface area contributed by atoms with Crippen LogP contribution in [0.25, 0.3) is 0 Å². The monoisotopic (exact) mass is 809 g/mol. The van der Waals surface area contributed by atoms with Crippen molar-refractivity contribution in [1.29, 1.82) is 0 Å². The average molecular weight is 809 g/mol. The van der Waals surface area contributed by atoms with Gasteiger partial charge < -0.3 is 24.8 Å². The number of ether oxygens (including phenoxy) is 2. The highest BCUT2D eigenvalue weighted by Gasteiger charge is 2.14. The maximum absolute atomic E-state index is 12.1. The summed E-state index contributed by atoms with van der Waals surface area (Å²) in [6.07, 6.45) is 39.7. The van der Waals surface area contributed by atoms with Crippen molar-refractivity contribution in [2.24, 2.45) is 0 Å². The van der Waals surface area contributed by atoms with Crippen LogP contribution in [0, 0.1) is 0 Å². The molecule has 0 aliphatic heterocycles. The fourth-order valence-corrected chi connectivity index (χ4v) is 6.07. The molecule has 0 saturated heterocycles. The number of amides is 1. The van der Waals surface area contributed by atoms with E-state index in [4.69, 9.17) is 5.11 Å². The molecule has 57 heavy (non-hydrogen) atoms. The number of methoxy groups -OCH3 is 2. The lowest BCUT2D eigenvalue weighted by atomic mass is 10.1. The molecule has 2 N–H and O–H groups in total. The minimum atomic E-state index is -0.711. The van der Waals surface area contributed by atoms with Crippen LogP contribution in [0.5, 0.6) is 0 Å². The normalized spacial score (nSPS) is 11.1. The van der Waals surface area contributed by atoms with Crippen molar-refractivity contribution in [2.75, 3.05) is 27.3 Å². The van der Waals surface area contributed by atoms with Crippen molar-refractivity contribution in [2.45, 2.75) is 233 Å². The molecule has 9 heteroatoms. The van der Waals surface area contributed by atoms with Crippen LogP contribution >= 0.6 is 0 Å². The van der Waals surface area contributed by atoms with Crippen molar-refractivity contribution < 1.29 is 33.8 Å². The van der Waals surface area contributed by atoms with Gasteiger partial charge in [-0.3, -0.25) is 19.2 Å². The minimum Gasteiger partial charge on any atom is -0.481 e. The molecule has 0 radical (unpaired) electrons. The highest BCUT2D eigenvalue weighted by Crippen LogP contribution is 2.13. The zero-order valence-electron chi connectivity index (χ0n) is 38.5. The average Bonchev–Trinajstić information content (AvgIpc) is 3.17. The standard InChI is InChI=1S/C24H45NO3.C20H39NO2.C4H8O2/c1-5-19-23(26)25(22(2)3)21-18-16-14-12-10-8-6-7-9-11-13-15-17-20-24(27)28-4;1-19(2)21-18-16-14-12-10-8-6-4-5-7-9-11-13-15-17-20(22)23-3;1-2-3-4(5)6/h10,12,22H,5-9,11,13-21H2,1-4H3;8,10,19,21H,4-7,9,11-18H2,1-3H3;2-3H2,1H3,(H,5,6)/b12-10-;10-8-;. The van der Waals surface area contributed by atoms with Gasteiger partial charge >= 0.3 is 17.9 Å². The predicted octanol–water partition coefficient (Wildman–Crippen LogP) is 12.7. The fraction of sp³-hybridized carbons (Fsp3) is 0.833. The maximum atomic E-state index is 12.1. The molecule has 0 bridgehead atoms. The Hall–Kier alpha value is -2.68. The number of hydrogen-bond donors (Lipinski definition) is 2. The molecule has 1 amide bonds. The number of carboxylic acids is 1. The van der Waals surface area contributed by atoms with Gasteiger partial charge in [0.25, 0.3) is 0 Å². The van der Waals surface area contributed by atoms with E-state index in [9.17, 15) is 19.2 Å². The molecule has 0 saturated carbocycles. The molecule has 0 rings (SSSR count). The largest absolute Gasteiger partial charge is 0.481 e. The number of carboxylic acid groups (broad SMARTS) is 1. The topological polar surface area (TPSA) is 122 Å². The number of aliphatic carboxylic acids is 1. The van der Waals surface area contributed by atoms with Crippen LogP contribution in [0.2, 0.25) is 0 Å². The Morgan fingerprint density at radius 1 is 0.526 bits per heavy atom. The van der Waals surface area contributed by atoms with Crippen LogP contribution in [-0.4, -0.2) is 73.2 Å². The number of allylic oxidation sites excluding steroid dienone is 4. The van der Waals surface area contributed by atoms with Crippen LogP contribution in [0.15, 0.2) is 24.3 Å². The van der Waals surface area contributed by atoms with Gasteiger partial charge in [-0.15, -0.1) is 0 Å². The summed E-state index contributed by atoms with van der Waals surface area (Å²) in [5, 5.41) is 11.4. The van der Waals surface area contributed by atoms with Gasteiger partial charge in [0.05, 0.1) is 14.2 Å². The summed E-state index contributed by atoms with van der Waals surface area (Å²) in [5.74, 6) is -0.573. The zero-order chi connectivity index (χ0) is 43.2. The Labute approximate surface area is 352 Å². The first-order valence-electron chi connectivity index (χ1n) is 23.1. The molecule has 0 aromatic carbocycles. The van der Waals surface area contributed by atoms with E-state index >= 15 is 0 Å². The van der Waals surface area contributed by atoms with E-state index in [1.807, 2.05) is 11.8 Å². The van der Waals surface area contributed by atoms with E-state index in [1.54, 1.807) is 0 Å². The van der Waals surface area contributed by atoms with Crippen LogP contribution < -0.4 is 5.32 Å². The first kappa shape index (κ1) is 58.6. The Morgan fingerprint density at radius 2 is 0.895 bits per heavy atom. The van der Waals surface area contributed by atoms with Crippen molar-refractivity contribution in [3.05, 3.63) is 24.3 Å². The Kier molecular flexibility index (Phi) is 49.1. The number of nitrogens with zero attached hydrogens (tertiary/aromatic N) is 1. The molecule has 9 nitrogen and oxygen atoms in total. The first-order valence-corrected chi connectivity index (χ1v) is 23.1. The molecule has 336 valence electrons. The number of carbonyl (C=O) groups is 4. The molecule has 0 atom stereocenters. The smallest absolute Gasteiger partial charge is 0.305 e. The summed E-state index contributed by atoms with van der Waals surface area (Å²) in [6, 6.07) is 0.917. The van der Waals surface area contributed by atoms with Crippen LogP contribution in [0.4, 0.5) is 0 Å². The Balaban J connectivity index is -0.000000905. The summed E-state index contributed by atoms with van der Waals surface area (Å²) < 4.78 is 9.27. The molecule has 0 fully saturated rings. The second-order valence-electron chi connectivity index (χ2n) is 15.8. The van der Waals surface area contributed by atoms with Gasteiger partial charge in [-0.25, -0.2) is 0 Å². The second kappa shape index (κ2) is 47.7.